The van der Waals surface area contributed by atoms with Crippen molar-refractivity contribution in [2.45, 2.75) is 238 Å². The van der Waals surface area contributed by atoms with Crippen molar-refractivity contribution in [2.75, 3.05) is 26.4 Å². The van der Waals surface area contributed by atoms with Gasteiger partial charge in [-0.1, -0.05) is 179 Å². The standard InChI is InChI=1S/C47H89O10P/c1-3-5-7-9-11-13-15-17-18-19-20-21-22-23-24-25-26-27-29-30-32-34-36-38-46(50)54-42-45(43-56-58(52,53)55-41-44(49)40-48)57-47(51)39-37-35-33-31-28-16-14-12-10-8-6-4-2/h12,14,30,32,44-45,48-49H,3-11,13,15-29,31,33-43H2,1-2H3,(H,52,53)/b14-12+,32-30+/t44-,45+/m1/s1. The number of phosphoric acid groups is 1. The molecule has 3 N–H and O–H groups in total. The third-order valence-electron chi connectivity index (χ3n) is 10.3. The van der Waals surface area contributed by atoms with Gasteiger partial charge in [0, 0.05) is 12.8 Å². The second kappa shape index (κ2) is 43.5. The van der Waals surface area contributed by atoms with Crippen LogP contribution in [0.1, 0.15) is 226 Å². The largest absolute Gasteiger partial charge is 0.472 e. The number of rotatable bonds is 45. The van der Waals surface area contributed by atoms with Crippen LogP contribution < -0.4 is 0 Å². The first kappa shape index (κ1) is 56.5. The van der Waals surface area contributed by atoms with E-state index >= 15 is 0 Å². The molecule has 0 aliphatic carbocycles. The fraction of sp³-hybridized carbons (Fsp3) is 0.872. The number of carbonyl (C=O) groups excluding carboxylic acids is 2. The number of aliphatic hydroxyl groups excluding tert-OH is 2. The number of carbonyl (C=O) groups is 2. The molecular weight excluding hydrogens is 755 g/mol. The lowest BCUT2D eigenvalue weighted by Gasteiger charge is -2.20. The number of ether oxygens (including phenoxy) is 2. The van der Waals surface area contributed by atoms with Gasteiger partial charge in [0.25, 0.3) is 0 Å². The zero-order chi connectivity index (χ0) is 42.6. The molecule has 0 saturated carbocycles. The number of hydrogen-bond donors (Lipinski definition) is 3. The summed E-state index contributed by atoms with van der Waals surface area (Å²) < 4.78 is 32.7. The molecule has 0 aromatic heterocycles. The fourth-order valence-electron chi connectivity index (χ4n) is 6.64. The Balaban J connectivity index is 4.16. The number of esters is 2. The highest BCUT2D eigenvalue weighted by Gasteiger charge is 2.27. The quantitative estimate of drug-likeness (QED) is 0.0234. The lowest BCUT2D eigenvalue weighted by molar-refractivity contribution is -0.161. The minimum Gasteiger partial charge on any atom is -0.462 e. The van der Waals surface area contributed by atoms with Gasteiger partial charge in [0.1, 0.15) is 12.7 Å². The van der Waals surface area contributed by atoms with E-state index < -0.39 is 51.8 Å². The van der Waals surface area contributed by atoms with Crippen molar-refractivity contribution in [1.82, 2.24) is 0 Å². The van der Waals surface area contributed by atoms with E-state index in [9.17, 15) is 24.2 Å². The molecular formula is C47H89O10P. The smallest absolute Gasteiger partial charge is 0.462 e. The number of phosphoric ester groups is 1. The minimum atomic E-state index is -4.62. The van der Waals surface area contributed by atoms with Crippen molar-refractivity contribution in [2.24, 2.45) is 0 Å². The van der Waals surface area contributed by atoms with E-state index in [0.717, 1.165) is 51.4 Å². The maximum atomic E-state index is 12.6. The van der Waals surface area contributed by atoms with Gasteiger partial charge in [0.2, 0.25) is 0 Å². The normalized spacial score (nSPS) is 13.9. The Hall–Kier alpha value is -1.55. The SMILES string of the molecule is CCCCC/C=C/CCCCCCCC(=O)O[C@@H](COC(=O)CCC/C=C/CCCCCCCCCCCCCCCCCCCC)COP(=O)(O)OC[C@H](O)CO. The third-order valence-corrected chi connectivity index (χ3v) is 11.3. The molecule has 342 valence electrons. The first-order chi connectivity index (χ1) is 28.2. The van der Waals surface area contributed by atoms with Gasteiger partial charge in [-0.2, -0.15) is 0 Å². The second-order valence-electron chi connectivity index (χ2n) is 16.1. The van der Waals surface area contributed by atoms with Gasteiger partial charge in [-0.3, -0.25) is 18.6 Å². The molecule has 58 heavy (non-hydrogen) atoms. The third kappa shape index (κ3) is 42.6. The first-order valence-electron chi connectivity index (χ1n) is 23.8. The summed E-state index contributed by atoms with van der Waals surface area (Å²) in [7, 11) is -4.62. The molecule has 3 atom stereocenters. The van der Waals surface area contributed by atoms with E-state index in [-0.39, 0.29) is 19.4 Å². The van der Waals surface area contributed by atoms with Crippen LogP contribution >= 0.6 is 7.82 Å². The van der Waals surface area contributed by atoms with Crippen LogP contribution in [0.15, 0.2) is 24.3 Å². The predicted octanol–water partition coefficient (Wildman–Crippen LogP) is 13.0. The Kier molecular flexibility index (Phi) is 42.4. The molecule has 0 aliphatic heterocycles. The molecule has 11 heteroatoms. The van der Waals surface area contributed by atoms with E-state index in [4.69, 9.17) is 19.1 Å². The van der Waals surface area contributed by atoms with Crippen LogP contribution in [0.2, 0.25) is 0 Å². The van der Waals surface area contributed by atoms with Crippen LogP contribution in [-0.2, 0) is 32.7 Å². The van der Waals surface area contributed by atoms with Crippen LogP contribution in [0, 0.1) is 0 Å². The number of aliphatic hydroxyl groups is 2. The van der Waals surface area contributed by atoms with E-state index in [2.05, 4.69) is 42.7 Å². The topological polar surface area (TPSA) is 149 Å². The summed E-state index contributed by atoms with van der Waals surface area (Å²) in [5, 5.41) is 18.3. The van der Waals surface area contributed by atoms with Crippen molar-refractivity contribution in [3.05, 3.63) is 24.3 Å². The van der Waals surface area contributed by atoms with Gasteiger partial charge in [-0.15, -0.1) is 0 Å². The van der Waals surface area contributed by atoms with Gasteiger partial charge in [0.15, 0.2) is 6.10 Å². The van der Waals surface area contributed by atoms with Crippen molar-refractivity contribution in [3.8, 4) is 0 Å². The average molecular weight is 845 g/mol. The van der Waals surface area contributed by atoms with Gasteiger partial charge >= 0.3 is 19.8 Å². The Morgan fingerprint density at radius 3 is 1.33 bits per heavy atom. The Bertz CT molecular complexity index is 1020. The summed E-state index contributed by atoms with van der Waals surface area (Å²) in [5.41, 5.74) is 0. The highest BCUT2D eigenvalue weighted by molar-refractivity contribution is 7.47. The zero-order valence-corrected chi connectivity index (χ0v) is 38.2. The summed E-state index contributed by atoms with van der Waals surface area (Å²) in [6, 6.07) is 0. The molecule has 0 radical (unpaired) electrons. The molecule has 10 nitrogen and oxygen atoms in total. The summed E-state index contributed by atoms with van der Waals surface area (Å²) in [6.45, 7) is 2.34. The Labute approximate surface area is 355 Å². The Morgan fingerprint density at radius 2 is 0.862 bits per heavy atom. The van der Waals surface area contributed by atoms with Crippen LogP contribution in [-0.4, -0.2) is 65.7 Å². The molecule has 1 unspecified atom stereocenters. The molecule has 0 aliphatic rings. The number of hydrogen-bond acceptors (Lipinski definition) is 9. The molecule has 0 saturated heterocycles. The lowest BCUT2D eigenvalue weighted by atomic mass is 10.0. The van der Waals surface area contributed by atoms with Gasteiger partial charge in [-0.25, -0.2) is 4.57 Å². The molecule has 0 aromatic carbocycles. The summed E-state index contributed by atoms with van der Waals surface area (Å²) in [5.74, 6) is -0.966. The average Bonchev–Trinajstić information content (AvgIpc) is 3.21. The highest BCUT2D eigenvalue weighted by atomic mass is 31.2. The fourth-order valence-corrected chi connectivity index (χ4v) is 7.43. The van der Waals surface area contributed by atoms with E-state index in [0.29, 0.717) is 12.8 Å². The van der Waals surface area contributed by atoms with Crippen LogP contribution in [0.4, 0.5) is 0 Å². The predicted molar refractivity (Wildman–Crippen MR) is 238 cm³/mol. The maximum Gasteiger partial charge on any atom is 0.472 e. The van der Waals surface area contributed by atoms with Crippen LogP contribution in [0.25, 0.3) is 0 Å². The van der Waals surface area contributed by atoms with E-state index in [1.807, 2.05) is 0 Å². The van der Waals surface area contributed by atoms with Crippen LogP contribution in [0.3, 0.4) is 0 Å². The summed E-state index contributed by atoms with van der Waals surface area (Å²) in [6.07, 6.45) is 44.5. The minimum absolute atomic E-state index is 0.170. The van der Waals surface area contributed by atoms with Crippen molar-refractivity contribution in [1.29, 1.82) is 0 Å². The Morgan fingerprint density at radius 1 is 0.500 bits per heavy atom. The monoisotopic (exact) mass is 845 g/mol. The molecule has 0 amide bonds. The van der Waals surface area contributed by atoms with Gasteiger partial charge in [-0.05, 0) is 57.8 Å². The van der Waals surface area contributed by atoms with Crippen molar-refractivity contribution < 1.29 is 47.8 Å². The lowest BCUT2D eigenvalue weighted by Crippen LogP contribution is -2.29. The molecule has 0 bridgehead atoms. The highest BCUT2D eigenvalue weighted by Crippen LogP contribution is 2.43. The molecule has 0 aromatic rings. The molecule has 0 spiro atoms. The van der Waals surface area contributed by atoms with E-state index in [1.54, 1.807) is 0 Å². The molecule has 0 rings (SSSR count). The summed E-state index contributed by atoms with van der Waals surface area (Å²) in [4.78, 5) is 35.0. The number of unbranched alkanes of at least 4 members (excludes halogenated alkanes) is 27. The summed E-state index contributed by atoms with van der Waals surface area (Å²) >= 11 is 0. The molecule has 0 heterocycles. The van der Waals surface area contributed by atoms with Crippen molar-refractivity contribution >= 4 is 19.8 Å². The molecule has 0 fully saturated rings. The van der Waals surface area contributed by atoms with Gasteiger partial charge in [0.05, 0.1) is 19.8 Å². The maximum absolute atomic E-state index is 12.6. The zero-order valence-electron chi connectivity index (χ0n) is 37.3. The number of allylic oxidation sites excluding steroid dienone is 4. The second-order valence-corrected chi connectivity index (χ2v) is 17.6. The van der Waals surface area contributed by atoms with Crippen LogP contribution in [0.5, 0.6) is 0 Å². The van der Waals surface area contributed by atoms with Crippen molar-refractivity contribution in [3.63, 3.8) is 0 Å². The first-order valence-corrected chi connectivity index (χ1v) is 25.3. The van der Waals surface area contributed by atoms with Gasteiger partial charge < -0.3 is 24.6 Å². The van der Waals surface area contributed by atoms with E-state index in [1.165, 1.54) is 135 Å².